The molecule has 0 atom stereocenters. The molecule has 1 amide bonds. The third-order valence-corrected chi connectivity index (χ3v) is 4.69. The normalized spacial score (nSPS) is 10.4. The zero-order valence-electron chi connectivity index (χ0n) is 11.6. The van der Waals surface area contributed by atoms with E-state index in [1.807, 2.05) is 41.8 Å². The number of aromatic nitrogens is 1. The Kier molecular flexibility index (Phi) is 4.65. The van der Waals surface area contributed by atoms with Crippen molar-refractivity contribution in [3.05, 3.63) is 75.7 Å². The van der Waals surface area contributed by atoms with Crippen LogP contribution in [0.1, 0.15) is 15.9 Å². The van der Waals surface area contributed by atoms with Gasteiger partial charge in [-0.25, -0.2) is 4.98 Å². The third kappa shape index (κ3) is 3.43. The quantitative estimate of drug-likeness (QED) is 0.732. The minimum absolute atomic E-state index is 0.0906. The van der Waals surface area contributed by atoms with Crippen LogP contribution in [0.25, 0.3) is 10.6 Å². The molecular weight excluding hydrogens is 360 g/mol. The standard InChI is InChI=1S/C17H13BrN2OS/c18-15-7-2-1-6-14(15)16(21)20-11-12-4-3-5-13(10-12)17-19-8-9-22-17/h1-10H,11H2,(H,20,21). The first-order chi connectivity index (χ1) is 10.7. The molecule has 0 aliphatic rings. The molecule has 22 heavy (non-hydrogen) atoms. The Morgan fingerprint density at radius 3 is 2.82 bits per heavy atom. The Hall–Kier alpha value is -1.98. The number of benzene rings is 2. The number of rotatable bonds is 4. The van der Waals surface area contributed by atoms with Crippen molar-refractivity contribution in [2.45, 2.75) is 6.54 Å². The number of hydrogen-bond acceptors (Lipinski definition) is 3. The molecule has 0 unspecified atom stereocenters. The zero-order valence-corrected chi connectivity index (χ0v) is 14.0. The molecular formula is C17H13BrN2OS. The van der Waals surface area contributed by atoms with Crippen LogP contribution in [-0.4, -0.2) is 10.9 Å². The molecule has 0 bridgehead atoms. The number of amides is 1. The van der Waals surface area contributed by atoms with Gasteiger partial charge in [0.05, 0.1) is 5.56 Å². The lowest BCUT2D eigenvalue weighted by atomic mass is 10.1. The van der Waals surface area contributed by atoms with Gasteiger partial charge in [0.15, 0.2) is 0 Å². The van der Waals surface area contributed by atoms with Crippen LogP contribution in [0.5, 0.6) is 0 Å². The summed E-state index contributed by atoms with van der Waals surface area (Å²) < 4.78 is 0.795. The van der Waals surface area contributed by atoms with E-state index in [9.17, 15) is 4.79 Å². The molecule has 3 aromatic rings. The molecule has 0 radical (unpaired) electrons. The van der Waals surface area contributed by atoms with Crippen LogP contribution >= 0.6 is 27.3 Å². The van der Waals surface area contributed by atoms with E-state index in [1.165, 1.54) is 0 Å². The first kappa shape index (κ1) is 14.9. The lowest BCUT2D eigenvalue weighted by Crippen LogP contribution is -2.23. The molecule has 1 aromatic heterocycles. The Labute approximate surface area is 141 Å². The van der Waals surface area contributed by atoms with Crippen LogP contribution in [0.2, 0.25) is 0 Å². The average molecular weight is 373 g/mol. The molecule has 3 rings (SSSR count). The predicted molar refractivity (Wildman–Crippen MR) is 92.9 cm³/mol. The number of thiazole rings is 1. The van der Waals surface area contributed by atoms with E-state index in [1.54, 1.807) is 23.6 Å². The Morgan fingerprint density at radius 2 is 2.05 bits per heavy atom. The van der Waals surface area contributed by atoms with E-state index in [0.29, 0.717) is 12.1 Å². The highest BCUT2D eigenvalue weighted by Gasteiger charge is 2.09. The van der Waals surface area contributed by atoms with E-state index in [-0.39, 0.29) is 5.91 Å². The van der Waals surface area contributed by atoms with E-state index < -0.39 is 0 Å². The van der Waals surface area contributed by atoms with Crippen molar-refractivity contribution < 1.29 is 4.79 Å². The van der Waals surface area contributed by atoms with E-state index in [4.69, 9.17) is 0 Å². The van der Waals surface area contributed by atoms with Gasteiger partial charge in [0.25, 0.3) is 5.91 Å². The molecule has 0 aliphatic heterocycles. The molecule has 0 saturated heterocycles. The topological polar surface area (TPSA) is 42.0 Å². The lowest BCUT2D eigenvalue weighted by Gasteiger charge is -2.08. The minimum atomic E-state index is -0.0906. The molecule has 0 fully saturated rings. The summed E-state index contributed by atoms with van der Waals surface area (Å²) >= 11 is 5.00. The highest BCUT2D eigenvalue weighted by molar-refractivity contribution is 9.10. The molecule has 1 N–H and O–H groups in total. The van der Waals surface area contributed by atoms with Crippen LogP contribution < -0.4 is 5.32 Å². The van der Waals surface area contributed by atoms with Gasteiger partial charge in [-0.05, 0) is 39.7 Å². The molecule has 110 valence electrons. The van der Waals surface area contributed by atoms with Crippen LogP contribution in [0.15, 0.2) is 64.6 Å². The van der Waals surface area contributed by atoms with Crippen LogP contribution in [-0.2, 0) is 6.54 Å². The fourth-order valence-electron chi connectivity index (χ4n) is 2.10. The van der Waals surface area contributed by atoms with Crippen molar-refractivity contribution in [3.63, 3.8) is 0 Å². The summed E-state index contributed by atoms with van der Waals surface area (Å²) in [5.74, 6) is -0.0906. The van der Waals surface area contributed by atoms with Crippen LogP contribution in [0.3, 0.4) is 0 Å². The second kappa shape index (κ2) is 6.85. The Balaban J connectivity index is 1.71. The van der Waals surface area contributed by atoms with Gasteiger partial charge in [0.2, 0.25) is 0 Å². The van der Waals surface area contributed by atoms with Crippen molar-refractivity contribution in [1.82, 2.24) is 10.3 Å². The maximum atomic E-state index is 12.2. The van der Waals surface area contributed by atoms with E-state index in [2.05, 4.69) is 32.3 Å². The number of halogens is 1. The summed E-state index contributed by atoms with van der Waals surface area (Å²) in [5, 5.41) is 5.88. The summed E-state index contributed by atoms with van der Waals surface area (Å²) in [6, 6.07) is 15.5. The molecule has 2 aromatic carbocycles. The van der Waals surface area contributed by atoms with Crippen LogP contribution in [0.4, 0.5) is 0 Å². The number of carbonyl (C=O) groups excluding carboxylic acids is 1. The van der Waals surface area contributed by atoms with Gasteiger partial charge in [-0.1, -0.05) is 30.3 Å². The fourth-order valence-corrected chi connectivity index (χ4v) is 3.20. The number of nitrogens with one attached hydrogen (secondary N) is 1. The molecule has 0 aliphatic carbocycles. The smallest absolute Gasteiger partial charge is 0.252 e. The second-order valence-electron chi connectivity index (χ2n) is 4.70. The average Bonchev–Trinajstić information content (AvgIpc) is 3.08. The molecule has 1 heterocycles. The van der Waals surface area contributed by atoms with Crippen molar-refractivity contribution in [1.29, 1.82) is 0 Å². The Morgan fingerprint density at radius 1 is 1.18 bits per heavy atom. The summed E-state index contributed by atoms with van der Waals surface area (Å²) in [6.45, 7) is 0.485. The molecule has 0 spiro atoms. The third-order valence-electron chi connectivity index (χ3n) is 3.18. The zero-order chi connectivity index (χ0) is 15.4. The van der Waals surface area contributed by atoms with Crippen molar-refractivity contribution in [3.8, 4) is 10.6 Å². The summed E-state index contributed by atoms with van der Waals surface area (Å²) in [4.78, 5) is 16.5. The molecule has 5 heteroatoms. The number of carbonyl (C=O) groups is 1. The van der Waals surface area contributed by atoms with Gasteiger partial charge < -0.3 is 5.32 Å². The highest BCUT2D eigenvalue weighted by atomic mass is 79.9. The fraction of sp³-hybridized carbons (Fsp3) is 0.0588. The first-order valence-corrected chi connectivity index (χ1v) is 8.43. The van der Waals surface area contributed by atoms with Crippen LogP contribution in [0, 0.1) is 0 Å². The Bertz CT molecular complexity index is 787. The van der Waals surface area contributed by atoms with Crippen molar-refractivity contribution in [2.75, 3.05) is 0 Å². The van der Waals surface area contributed by atoms with E-state index in [0.717, 1.165) is 20.6 Å². The van der Waals surface area contributed by atoms with Gasteiger partial charge >= 0.3 is 0 Å². The monoisotopic (exact) mass is 372 g/mol. The van der Waals surface area contributed by atoms with Gasteiger partial charge in [-0.3, -0.25) is 4.79 Å². The summed E-state index contributed by atoms with van der Waals surface area (Å²) in [5.41, 5.74) is 2.76. The molecule has 3 nitrogen and oxygen atoms in total. The second-order valence-corrected chi connectivity index (χ2v) is 6.45. The van der Waals surface area contributed by atoms with E-state index >= 15 is 0 Å². The largest absolute Gasteiger partial charge is 0.348 e. The highest BCUT2D eigenvalue weighted by Crippen LogP contribution is 2.22. The number of nitrogens with zero attached hydrogens (tertiary/aromatic N) is 1. The first-order valence-electron chi connectivity index (χ1n) is 6.75. The maximum Gasteiger partial charge on any atom is 0.252 e. The summed E-state index contributed by atoms with van der Waals surface area (Å²) in [6.07, 6.45) is 1.79. The van der Waals surface area contributed by atoms with Gasteiger partial charge in [0, 0.05) is 28.2 Å². The van der Waals surface area contributed by atoms with Gasteiger partial charge in [0.1, 0.15) is 5.01 Å². The number of hydrogen-bond donors (Lipinski definition) is 1. The maximum absolute atomic E-state index is 12.2. The van der Waals surface area contributed by atoms with Gasteiger partial charge in [-0.2, -0.15) is 0 Å². The predicted octanol–water partition coefficient (Wildman–Crippen LogP) is 4.50. The summed E-state index contributed by atoms with van der Waals surface area (Å²) in [7, 11) is 0. The lowest BCUT2D eigenvalue weighted by molar-refractivity contribution is 0.0950. The van der Waals surface area contributed by atoms with Gasteiger partial charge in [-0.15, -0.1) is 11.3 Å². The van der Waals surface area contributed by atoms with Crippen molar-refractivity contribution in [2.24, 2.45) is 0 Å². The minimum Gasteiger partial charge on any atom is -0.348 e. The SMILES string of the molecule is O=C(NCc1cccc(-c2nccs2)c1)c1ccccc1Br. The van der Waals surface area contributed by atoms with Crippen molar-refractivity contribution >= 4 is 33.2 Å². The molecule has 0 saturated carbocycles.